The number of hydrogen-bond donors (Lipinski definition) is 1. The lowest BCUT2D eigenvalue weighted by Crippen LogP contribution is -2.44. The number of ether oxygens (including phenoxy) is 2. The molecule has 1 aromatic heterocycles. The van der Waals surface area contributed by atoms with Crippen LogP contribution < -0.4 is 5.32 Å². The van der Waals surface area contributed by atoms with Crippen molar-refractivity contribution >= 4 is 40.9 Å². The van der Waals surface area contributed by atoms with E-state index in [1.54, 1.807) is 32.9 Å². The zero-order valence-corrected chi connectivity index (χ0v) is 16.1. The van der Waals surface area contributed by atoms with Gasteiger partial charge in [0, 0.05) is 19.0 Å². The van der Waals surface area contributed by atoms with Gasteiger partial charge in [-0.05, 0) is 32.9 Å². The molecule has 1 aliphatic heterocycles. The van der Waals surface area contributed by atoms with Crippen molar-refractivity contribution in [2.45, 2.75) is 44.9 Å². The summed E-state index contributed by atoms with van der Waals surface area (Å²) in [5.41, 5.74) is -0.688. The molecule has 0 unspecified atom stereocenters. The topological polar surface area (TPSA) is 84.9 Å². The summed E-state index contributed by atoms with van der Waals surface area (Å²) >= 11 is 7.00. The van der Waals surface area contributed by atoms with Gasteiger partial charge in [-0.3, -0.25) is 9.69 Å². The molecule has 7 nitrogen and oxygen atoms in total. The molecule has 2 heterocycles. The van der Waals surface area contributed by atoms with Crippen molar-refractivity contribution in [3.8, 4) is 0 Å². The molecule has 1 aliphatic rings. The Labute approximate surface area is 155 Å². The molecule has 2 atom stereocenters. The third kappa shape index (κ3) is 5.09. The van der Waals surface area contributed by atoms with Crippen LogP contribution in [0.4, 0.5) is 4.79 Å². The number of thiophene rings is 1. The van der Waals surface area contributed by atoms with Crippen molar-refractivity contribution in [3.63, 3.8) is 0 Å². The van der Waals surface area contributed by atoms with Crippen LogP contribution in [0.5, 0.6) is 0 Å². The van der Waals surface area contributed by atoms with Gasteiger partial charge < -0.3 is 14.8 Å². The molecule has 1 fully saturated rings. The number of nitrogens with zero attached hydrogens (tertiary/aromatic N) is 1. The fourth-order valence-electron chi connectivity index (χ4n) is 2.52. The van der Waals surface area contributed by atoms with E-state index in [1.165, 1.54) is 12.0 Å². The quantitative estimate of drug-likeness (QED) is 0.804. The lowest BCUT2D eigenvalue weighted by atomic mass is 10.1. The number of halogens is 1. The summed E-state index contributed by atoms with van der Waals surface area (Å²) < 4.78 is 10.6. The minimum absolute atomic E-state index is 0.166. The van der Waals surface area contributed by atoms with Crippen molar-refractivity contribution in [1.29, 1.82) is 0 Å². The Bertz CT molecular complexity index is 670. The molecule has 0 aromatic carbocycles. The van der Waals surface area contributed by atoms with Gasteiger partial charge in [0.15, 0.2) is 0 Å². The highest BCUT2D eigenvalue weighted by Gasteiger charge is 2.42. The molecule has 2 rings (SSSR count). The number of likely N-dealkylation sites (tertiary alicyclic amines) is 1. The van der Waals surface area contributed by atoms with Crippen molar-refractivity contribution in [1.82, 2.24) is 10.2 Å². The molecular formula is C16H21ClN2O5S. The number of esters is 1. The van der Waals surface area contributed by atoms with Crippen LogP contribution in [0.3, 0.4) is 0 Å². The Morgan fingerprint density at radius 1 is 1.32 bits per heavy atom. The van der Waals surface area contributed by atoms with E-state index in [9.17, 15) is 14.4 Å². The van der Waals surface area contributed by atoms with Gasteiger partial charge in [0.2, 0.25) is 0 Å². The molecular weight excluding hydrogens is 368 g/mol. The molecule has 2 amide bonds. The average Bonchev–Trinajstić information content (AvgIpc) is 3.11. The summed E-state index contributed by atoms with van der Waals surface area (Å²) in [5.74, 6) is -0.835. The Kier molecular flexibility index (Phi) is 5.95. The predicted molar refractivity (Wildman–Crippen MR) is 93.9 cm³/mol. The second-order valence-electron chi connectivity index (χ2n) is 6.68. The van der Waals surface area contributed by atoms with Crippen molar-refractivity contribution in [2.75, 3.05) is 13.7 Å². The van der Waals surface area contributed by atoms with Crippen LogP contribution in [0.15, 0.2) is 12.1 Å². The van der Waals surface area contributed by atoms with Crippen LogP contribution in [0.2, 0.25) is 4.34 Å². The first-order chi connectivity index (χ1) is 11.6. The molecule has 0 saturated carbocycles. The average molecular weight is 389 g/mol. The first kappa shape index (κ1) is 19.5. The predicted octanol–water partition coefficient (Wildman–Crippen LogP) is 2.68. The smallest absolute Gasteiger partial charge is 0.411 e. The van der Waals surface area contributed by atoms with Crippen LogP contribution in [-0.4, -0.2) is 54.2 Å². The molecule has 138 valence electrons. The molecule has 9 heteroatoms. The summed E-state index contributed by atoms with van der Waals surface area (Å²) in [5, 5.41) is 2.82. The van der Waals surface area contributed by atoms with E-state index in [-0.39, 0.29) is 24.9 Å². The first-order valence-electron chi connectivity index (χ1n) is 7.74. The highest BCUT2D eigenvalue weighted by atomic mass is 35.5. The second kappa shape index (κ2) is 7.61. The van der Waals surface area contributed by atoms with Gasteiger partial charge >= 0.3 is 12.1 Å². The lowest BCUT2D eigenvalue weighted by molar-refractivity contribution is -0.145. The van der Waals surface area contributed by atoms with E-state index in [4.69, 9.17) is 21.1 Å². The van der Waals surface area contributed by atoms with Gasteiger partial charge in [-0.15, -0.1) is 11.3 Å². The summed E-state index contributed by atoms with van der Waals surface area (Å²) in [4.78, 5) is 38.4. The highest BCUT2D eigenvalue weighted by molar-refractivity contribution is 7.18. The Hall–Kier alpha value is -1.80. The summed E-state index contributed by atoms with van der Waals surface area (Å²) in [6.45, 7) is 5.40. The number of carbonyl (C=O) groups is 3. The summed E-state index contributed by atoms with van der Waals surface area (Å²) in [6.07, 6.45) is -0.352. The minimum Gasteiger partial charge on any atom is -0.467 e. The molecule has 0 radical (unpaired) electrons. The minimum atomic E-state index is -0.794. The van der Waals surface area contributed by atoms with Crippen LogP contribution in [0.1, 0.15) is 36.9 Å². The highest BCUT2D eigenvalue weighted by Crippen LogP contribution is 2.24. The van der Waals surface area contributed by atoms with Crippen LogP contribution in [0.25, 0.3) is 0 Å². The van der Waals surface area contributed by atoms with Gasteiger partial charge in [-0.1, -0.05) is 11.6 Å². The summed E-state index contributed by atoms with van der Waals surface area (Å²) in [7, 11) is 1.26. The summed E-state index contributed by atoms with van der Waals surface area (Å²) in [6, 6.07) is 2.09. The Balaban J connectivity index is 2.08. The largest absolute Gasteiger partial charge is 0.467 e. The standard InChI is InChI=1S/C16H21ClN2O5S/c1-16(2,3)24-15(22)19-8-9(7-10(19)14(21)23-4)18-13(20)11-5-6-12(17)25-11/h5-6,9-10H,7-8H2,1-4H3,(H,18,20)/t9-,10+/m1/s1. The van der Waals surface area contributed by atoms with Crippen molar-refractivity contribution in [3.05, 3.63) is 21.3 Å². The fraction of sp³-hybridized carbons (Fsp3) is 0.562. The van der Waals surface area contributed by atoms with Crippen molar-refractivity contribution in [2.24, 2.45) is 0 Å². The van der Waals surface area contributed by atoms with E-state index in [0.29, 0.717) is 9.21 Å². The van der Waals surface area contributed by atoms with E-state index in [2.05, 4.69) is 5.32 Å². The SMILES string of the molecule is COC(=O)[C@@H]1C[C@@H](NC(=O)c2ccc(Cl)s2)CN1C(=O)OC(C)(C)C. The van der Waals surface area contributed by atoms with Crippen LogP contribution >= 0.6 is 22.9 Å². The molecule has 0 bridgehead atoms. The third-order valence-electron chi connectivity index (χ3n) is 3.53. The van der Waals surface area contributed by atoms with Crippen LogP contribution in [0, 0.1) is 0 Å². The van der Waals surface area contributed by atoms with Gasteiger partial charge in [0.05, 0.1) is 16.3 Å². The van der Waals surface area contributed by atoms with Gasteiger partial charge in [0.25, 0.3) is 5.91 Å². The van der Waals surface area contributed by atoms with Gasteiger partial charge in [0.1, 0.15) is 11.6 Å². The fourth-order valence-corrected chi connectivity index (χ4v) is 3.46. The zero-order chi connectivity index (χ0) is 18.8. The number of nitrogens with one attached hydrogen (secondary N) is 1. The molecule has 25 heavy (non-hydrogen) atoms. The zero-order valence-electron chi connectivity index (χ0n) is 14.5. The monoisotopic (exact) mass is 388 g/mol. The van der Waals surface area contributed by atoms with E-state index in [0.717, 1.165) is 11.3 Å². The van der Waals surface area contributed by atoms with Gasteiger partial charge in [-0.25, -0.2) is 9.59 Å². The third-order valence-corrected chi connectivity index (χ3v) is 4.76. The lowest BCUT2D eigenvalue weighted by Gasteiger charge is -2.27. The molecule has 1 saturated heterocycles. The first-order valence-corrected chi connectivity index (χ1v) is 8.94. The van der Waals surface area contributed by atoms with Gasteiger partial charge in [-0.2, -0.15) is 0 Å². The Morgan fingerprint density at radius 3 is 2.52 bits per heavy atom. The maximum atomic E-state index is 12.4. The van der Waals surface area contributed by atoms with E-state index >= 15 is 0 Å². The van der Waals surface area contributed by atoms with Crippen LogP contribution in [-0.2, 0) is 14.3 Å². The van der Waals surface area contributed by atoms with E-state index < -0.39 is 23.7 Å². The normalized spacial score (nSPS) is 20.3. The molecule has 1 aromatic rings. The molecule has 1 N–H and O–H groups in total. The maximum Gasteiger partial charge on any atom is 0.411 e. The second-order valence-corrected chi connectivity index (χ2v) is 8.40. The van der Waals surface area contributed by atoms with Crippen molar-refractivity contribution < 1.29 is 23.9 Å². The maximum absolute atomic E-state index is 12.4. The number of methoxy groups -OCH3 is 1. The number of carbonyl (C=O) groups excluding carboxylic acids is 3. The number of amides is 2. The number of hydrogen-bond acceptors (Lipinski definition) is 6. The van der Waals surface area contributed by atoms with E-state index in [1.807, 2.05) is 0 Å². The number of rotatable bonds is 3. The Morgan fingerprint density at radius 2 is 2.00 bits per heavy atom. The molecule has 0 spiro atoms. The molecule has 0 aliphatic carbocycles.